The van der Waals surface area contributed by atoms with Crippen LogP contribution >= 0.6 is 0 Å². The number of aryl methyl sites for hydroxylation is 1. The van der Waals surface area contributed by atoms with E-state index in [0.29, 0.717) is 12.0 Å². The average molecular weight is 408 g/mol. The van der Waals surface area contributed by atoms with Crippen molar-refractivity contribution >= 4 is 10.8 Å². The molecular weight excluding hydrogens is 374 g/mol. The molecule has 1 aliphatic carbocycles. The van der Waals surface area contributed by atoms with Crippen molar-refractivity contribution in [3.63, 3.8) is 0 Å². The molecule has 1 heterocycles. The van der Waals surface area contributed by atoms with E-state index < -0.39 is 0 Å². The lowest BCUT2D eigenvalue weighted by molar-refractivity contribution is -0.665. The maximum atomic E-state index is 8.91. The van der Waals surface area contributed by atoms with E-state index in [4.69, 9.17) is 1.37 Å². The third-order valence-electron chi connectivity index (χ3n) is 7.31. The van der Waals surface area contributed by atoms with Crippen LogP contribution in [-0.2, 0) is 7.05 Å². The fourth-order valence-corrected chi connectivity index (χ4v) is 5.24. The second-order valence-corrected chi connectivity index (χ2v) is 9.24. The fourth-order valence-electron chi connectivity index (χ4n) is 5.24. The van der Waals surface area contributed by atoms with Crippen LogP contribution in [0.4, 0.5) is 0 Å². The maximum absolute atomic E-state index is 8.91. The first-order chi connectivity index (χ1) is 15.5. The lowest BCUT2D eigenvalue weighted by atomic mass is 9.90. The summed E-state index contributed by atoms with van der Waals surface area (Å²) in [7, 11) is 2.11. The number of rotatable bonds is 3. The van der Waals surface area contributed by atoms with E-state index >= 15 is 0 Å². The van der Waals surface area contributed by atoms with Gasteiger partial charge in [0.05, 0.1) is 12.3 Å². The van der Waals surface area contributed by atoms with E-state index in [1.807, 2.05) is 0 Å². The molecule has 1 fully saturated rings. The Hall–Kier alpha value is -2.93. The molecule has 0 saturated heterocycles. The van der Waals surface area contributed by atoms with Gasteiger partial charge >= 0.3 is 0 Å². The highest BCUT2D eigenvalue weighted by molar-refractivity contribution is 5.95. The summed E-state index contributed by atoms with van der Waals surface area (Å²) >= 11 is 0. The first kappa shape index (κ1) is 18.8. The zero-order valence-corrected chi connectivity index (χ0v) is 19.1. The second-order valence-electron chi connectivity index (χ2n) is 9.24. The predicted octanol–water partition coefficient (Wildman–Crippen LogP) is 7.58. The summed E-state index contributed by atoms with van der Waals surface area (Å²) < 4.78 is 11.1. The molecule has 156 valence electrons. The Morgan fingerprint density at radius 2 is 1.61 bits per heavy atom. The molecule has 0 spiro atoms. The Morgan fingerprint density at radius 1 is 0.871 bits per heavy atom. The molecule has 4 aromatic rings. The van der Waals surface area contributed by atoms with E-state index in [9.17, 15) is 0 Å². The van der Waals surface area contributed by atoms with Gasteiger partial charge in [0.1, 0.15) is 7.05 Å². The molecule has 1 aromatic heterocycles. The van der Waals surface area contributed by atoms with Crippen LogP contribution in [0.3, 0.4) is 0 Å². The van der Waals surface area contributed by atoms with Gasteiger partial charge in [-0.05, 0) is 77.9 Å². The lowest BCUT2D eigenvalue weighted by Crippen LogP contribution is -2.35. The molecule has 1 nitrogen and oxygen atoms in total. The molecule has 1 heteroatoms. The molecule has 0 radical (unpaired) electrons. The van der Waals surface area contributed by atoms with Crippen LogP contribution in [0.5, 0.6) is 0 Å². The van der Waals surface area contributed by atoms with Crippen molar-refractivity contribution in [3.05, 3.63) is 89.1 Å². The predicted molar refractivity (Wildman–Crippen MR) is 131 cm³/mol. The van der Waals surface area contributed by atoms with Gasteiger partial charge in [0.25, 0.3) is 0 Å². The van der Waals surface area contributed by atoms with Gasteiger partial charge in [0, 0.05) is 13.0 Å². The van der Waals surface area contributed by atoms with Gasteiger partial charge < -0.3 is 0 Å². The molecule has 0 N–H and O–H groups in total. The van der Waals surface area contributed by atoms with Crippen LogP contribution in [-0.4, -0.2) is 0 Å². The maximum Gasteiger partial charge on any atom is 0.220 e. The number of nitrogens with zero attached hydrogens (tertiary/aromatic N) is 1. The Kier molecular flexibility index (Phi) is 4.83. The van der Waals surface area contributed by atoms with Crippen molar-refractivity contribution in [2.24, 2.45) is 7.05 Å². The molecule has 0 bridgehead atoms. The summed E-state index contributed by atoms with van der Waals surface area (Å²) in [6, 6.07) is 22.8. The van der Waals surface area contributed by atoms with Crippen LogP contribution in [0.1, 0.15) is 55.4 Å². The van der Waals surface area contributed by atoms with Crippen molar-refractivity contribution < 1.29 is 5.94 Å². The number of fused-ring (bicyclic) bond motifs is 1. The molecule has 0 unspecified atom stereocenters. The molecule has 1 aliphatic rings. The highest BCUT2D eigenvalue weighted by Gasteiger charge is 2.23. The lowest BCUT2D eigenvalue weighted by Gasteiger charge is -2.16. The SMILES string of the molecule is [2H]c1c(C)[n+](C)c(-c2cc(-c3ccccc3)cc(C)c2C)c2ccc(C3CCCC3)cc12. The summed E-state index contributed by atoms with van der Waals surface area (Å²) in [5.41, 5.74) is 9.97. The molecule has 5 rings (SSSR count). The first-order valence-electron chi connectivity index (χ1n) is 12.1. The summed E-state index contributed by atoms with van der Waals surface area (Å²) in [6.07, 6.45) is 5.22. The van der Waals surface area contributed by atoms with Crippen LogP contribution < -0.4 is 4.57 Å². The van der Waals surface area contributed by atoms with Gasteiger partial charge in [-0.3, -0.25) is 0 Å². The Labute approximate surface area is 187 Å². The minimum absolute atomic E-state index is 0.652. The van der Waals surface area contributed by atoms with Gasteiger partial charge in [0.15, 0.2) is 5.69 Å². The molecule has 1 saturated carbocycles. The summed E-state index contributed by atoms with van der Waals surface area (Å²) in [5.74, 6) is 0.655. The van der Waals surface area contributed by atoms with E-state index in [2.05, 4.69) is 93.0 Å². The topological polar surface area (TPSA) is 3.88 Å². The number of pyridine rings is 1. The highest BCUT2D eigenvalue weighted by Crippen LogP contribution is 2.38. The first-order valence-corrected chi connectivity index (χ1v) is 11.6. The van der Waals surface area contributed by atoms with Crippen molar-refractivity contribution in [2.75, 3.05) is 0 Å². The van der Waals surface area contributed by atoms with Crippen LogP contribution in [0.2, 0.25) is 0 Å². The van der Waals surface area contributed by atoms with E-state index in [1.165, 1.54) is 70.1 Å². The molecule has 0 aliphatic heterocycles. The summed E-state index contributed by atoms with van der Waals surface area (Å²) in [4.78, 5) is 0. The highest BCUT2D eigenvalue weighted by atomic mass is 14.9. The minimum atomic E-state index is 0.652. The normalized spacial score (nSPS) is 14.9. The Bertz CT molecular complexity index is 1310. The van der Waals surface area contributed by atoms with Crippen molar-refractivity contribution in [2.45, 2.75) is 52.4 Å². The van der Waals surface area contributed by atoms with Crippen LogP contribution in [0.15, 0.2) is 66.7 Å². The standard InChI is InChI=1S/C30H32N/c1-20-16-26(24-10-6-5-7-11-24)19-29(22(20)3)30-28-15-14-25(23-12-8-9-13-23)18-27(28)17-21(2)31(30)4/h5-7,10-11,14-19,23H,8-9,12-13H2,1-4H3/q+1/i17D. The van der Waals surface area contributed by atoms with Crippen molar-refractivity contribution in [1.82, 2.24) is 0 Å². The number of aromatic nitrogens is 1. The largest absolute Gasteiger partial charge is 0.220 e. The van der Waals surface area contributed by atoms with Gasteiger partial charge in [-0.1, -0.05) is 61.4 Å². The molecular formula is C30H32N+. The van der Waals surface area contributed by atoms with Crippen LogP contribution in [0.25, 0.3) is 33.2 Å². The van der Waals surface area contributed by atoms with E-state index in [-0.39, 0.29) is 0 Å². The zero-order valence-electron chi connectivity index (χ0n) is 20.1. The quantitative estimate of drug-likeness (QED) is 0.308. The van der Waals surface area contributed by atoms with Crippen molar-refractivity contribution in [1.29, 1.82) is 0 Å². The number of hydrogen-bond acceptors (Lipinski definition) is 0. The Balaban J connectivity index is 1.78. The average Bonchev–Trinajstić information content (AvgIpc) is 3.36. The molecule has 0 atom stereocenters. The zero-order chi connectivity index (χ0) is 22.4. The second kappa shape index (κ2) is 7.96. The van der Waals surface area contributed by atoms with Crippen molar-refractivity contribution in [3.8, 4) is 22.4 Å². The van der Waals surface area contributed by atoms with Gasteiger partial charge in [-0.15, -0.1) is 0 Å². The summed E-state index contributed by atoms with van der Waals surface area (Å²) in [5, 5.41) is 2.26. The fraction of sp³-hybridized carbons (Fsp3) is 0.300. The number of benzene rings is 3. The monoisotopic (exact) mass is 407 g/mol. The third kappa shape index (κ3) is 3.57. The number of hydrogen-bond donors (Lipinski definition) is 0. The van der Waals surface area contributed by atoms with E-state index in [0.717, 1.165) is 11.1 Å². The molecule has 31 heavy (non-hydrogen) atoms. The van der Waals surface area contributed by atoms with Gasteiger partial charge in [0.2, 0.25) is 5.69 Å². The minimum Gasteiger partial charge on any atom is -0.198 e. The molecule has 0 amide bonds. The van der Waals surface area contributed by atoms with E-state index in [1.54, 1.807) is 0 Å². The Morgan fingerprint density at radius 3 is 2.35 bits per heavy atom. The van der Waals surface area contributed by atoms with Gasteiger partial charge in [-0.25, -0.2) is 0 Å². The molecule has 3 aromatic carbocycles. The third-order valence-corrected chi connectivity index (χ3v) is 7.31. The van der Waals surface area contributed by atoms with Gasteiger partial charge in [-0.2, -0.15) is 4.57 Å². The van der Waals surface area contributed by atoms with Crippen LogP contribution in [0, 0.1) is 20.8 Å². The smallest absolute Gasteiger partial charge is 0.198 e. The summed E-state index contributed by atoms with van der Waals surface area (Å²) in [6.45, 7) is 6.51.